The van der Waals surface area contributed by atoms with Gasteiger partial charge in [0.15, 0.2) is 17.5 Å². The number of hydrogen-bond acceptors (Lipinski definition) is 6. The molecule has 1 unspecified atom stereocenters. The zero-order valence-corrected chi connectivity index (χ0v) is 17.8. The van der Waals surface area contributed by atoms with Crippen LogP contribution in [-0.2, 0) is 35.0 Å². The fraction of sp³-hybridized carbons (Fsp3) is 0.438. The number of phosphoric acid groups is 1. The van der Waals surface area contributed by atoms with E-state index in [1.165, 1.54) is 0 Å². The maximum absolute atomic E-state index is 13.8. The van der Waals surface area contributed by atoms with Crippen LogP contribution < -0.4 is 11.5 Å². The lowest BCUT2D eigenvalue weighted by molar-refractivity contribution is -0.148. The molecule has 0 bridgehead atoms. The smallest absolute Gasteiger partial charge is 0.332 e. The molecule has 0 fully saturated rings. The standard InChI is InChI=1S/C16H16F6N6O.H3O4P/c17-8-5-10(19)9(18)3-7(8)4-11(23)13(24)14(29)27-1-2-28-12(6-27)25-26-15(28)16(20,21)22;1-5(2,3)4/h3,5,11,13H,1-2,4,6,23-24H2;(H3,1,2,3,4)/t11-,13?;/m1./s1. The van der Waals surface area contributed by atoms with Gasteiger partial charge in [-0.15, -0.1) is 10.2 Å². The number of benzene rings is 1. The molecule has 1 aliphatic rings. The summed E-state index contributed by atoms with van der Waals surface area (Å²) in [6.45, 7) is -0.544. The number of nitrogens with two attached hydrogens (primary N) is 2. The number of aromatic nitrogens is 3. The number of carbonyl (C=O) groups is 1. The Morgan fingerprint density at radius 3 is 2.18 bits per heavy atom. The molecule has 7 N–H and O–H groups in total. The van der Waals surface area contributed by atoms with Crippen LogP contribution in [0.15, 0.2) is 12.1 Å². The first kappa shape index (κ1) is 27.7. The van der Waals surface area contributed by atoms with Crippen molar-refractivity contribution in [2.45, 2.75) is 37.8 Å². The molecule has 34 heavy (non-hydrogen) atoms. The molecule has 2 heterocycles. The Labute approximate surface area is 187 Å². The fourth-order valence-electron chi connectivity index (χ4n) is 3.05. The minimum absolute atomic E-state index is 0.0654. The molecule has 2 atom stereocenters. The Balaban J connectivity index is 0.000000739. The Morgan fingerprint density at radius 2 is 1.62 bits per heavy atom. The first-order valence-electron chi connectivity index (χ1n) is 9.20. The molecule has 1 aliphatic heterocycles. The van der Waals surface area contributed by atoms with Gasteiger partial charge in [0, 0.05) is 25.2 Å². The molecule has 1 aromatic carbocycles. The Hall–Kier alpha value is -2.56. The first-order chi connectivity index (χ1) is 15.5. The van der Waals surface area contributed by atoms with Crippen LogP contribution in [-0.4, -0.2) is 58.9 Å². The minimum Gasteiger partial charge on any atom is -0.332 e. The van der Waals surface area contributed by atoms with E-state index < -0.39 is 55.3 Å². The number of nitrogens with zero attached hydrogens (tertiary/aromatic N) is 4. The second-order valence-corrected chi connectivity index (χ2v) is 8.14. The largest absolute Gasteiger partial charge is 0.466 e. The van der Waals surface area contributed by atoms with E-state index in [1.54, 1.807) is 0 Å². The Bertz CT molecular complexity index is 1080. The normalized spacial score (nSPS) is 15.8. The van der Waals surface area contributed by atoms with Gasteiger partial charge in [-0.3, -0.25) is 4.79 Å². The molecular formula is C16H19F6N6O5P. The monoisotopic (exact) mass is 520 g/mol. The van der Waals surface area contributed by atoms with Crippen molar-refractivity contribution in [3.63, 3.8) is 0 Å². The Morgan fingerprint density at radius 1 is 1.06 bits per heavy atom. The molecule has 11 nitrogen and oxygen atoms in total. The zero-order chi connectivity index (χ0) is 26.0. The summed E-state index contributed by atoms with van der Waals surface area (Å²) < 4.78 is 88.4. The number of alkyl halides is 3. The van der Waals surface area contributed by atoms with E-state index in [1.807, 2.05) is 0 Å². The van der Waals surface area contributed by atoms with Gasteiger partial charge in [-0.2, -0.15) is 13.2 Å². The first-order valence-corrected chi connectivity index (χ1v) is 10.8. The van der Waals surface area contributed by atoms with Crippen LogP contribution in [0.5, 0.6) is 0 Å². The number of amides is 1. The van der Waals surface area contributed by atoms with Crippen molar-refractivity contribution in [2.24, 2.45) is 11.5 Å². The van der Waals surface area contributed by atoms with E-state index in [0.717, 1.165) is 9.47 Å². The third kappa shape index (κ3) is 7.22. The van der Waals surface area contributed by atoms with Gasteiger partial charge in [-0.05, 0) is 18.1 Å². The highest BCUT2D eigenvalue weighted by Crippen LogP contribution is 2.29. The summed E-state index contributed by atoms with van der Waals surface area (Å²) in [7, 11) is -4.64. The van der Waals surface area contributed by atoms with E-state index in [0.29, 0.717) is 12.1 Å². The lowest BCUT2D eigenvalue weighted by Gasteiger charge is -2.31. The summed E-state index contributed by atoms with van der Waals surface area (Å²) in [6, 6.07) is -1.50. The van der Waals surface area contributed by atoms with Crippen molar-refractivity contribution in [3.8, 4) is 0 Å². The second-order valence-electron chi connectivity index (χ2n) is 7.11. The lowest BCUT2D eigenvalue weighted by Crippen LogP contribution is -2.55. The third-order valence-corrected chi connectivity index (χ3v) is 4.61. The van der Waals surface area contributed by atoms with Crippen LogP contribution in [0.2, 0.25) is 0 Å². The molecule has 0 spiro atoms. The minimum atomic E-state index is -4.68. The molecule has 18 heteroatoms. The molecule has 2 aromatic rings. The summed E-state index contributed by atoms with van der Waals surface area (Å²) in [4.78, 5) is 35.3. The number of carbonyl (C=O) groups excluding carboxylic acids is 1. The third-order valence-electron chi connectivity index (χ3n) is 4.61. The van der Waals surface area contributed by atoms with Gasteiger partial charge in [-0.1, -0.05) is 0 Å². The summed E-state index contributed by atoms with van der Waals surface area (Å²) in [5.41, 5.74) is 11.4. The number of halogens is 6. The molecule has 0 saturated heterocycles. The zero-order valence-electron chi connectivity index (χ0n) is 17.0. The average Bonchev–Trinajstić information content (AvgIpc) is 3.13. The molecular weight excluding hydrogens is 501 g/mol. The summed E-state index contributed by atoms with van der Waals surface area (Å²) >= 11 is 0. The molecule has 1 amide bonds. The number of rotatable bonds is 4. The van der Waals surface area contributed by atoms with Crippen LogP contribution in [0.4, 0.5) is 26.3 Å². The predicted molar refractivity (Wildman–Crippen MR) is 101 cm³/mol. The van der Waals surface area contributed by atoms with Gasteiger partial charge in [0.1, 0.15) is 5.82 Å². The van der Waals surface area contributed by atoms with Crippen molar-refractivity contribution >= 4 is 13.7 Å². The average molecular weight is 520 g/mol. The van der Waals surface area contributed by atoms with Crippen molar-refractivity contribution in [2.75, 3.05) is 6.54 Å². The highest BCUT2D eigenvalue weighted by molar-refractivity contribution is 7.45. The lowest BCUT2D eigenvalue weighted by atomic mass is 9.99. The summed E-state index contributed by atoms with van der Waals surface area (Å²) in [5, 5.41) is 6.57. The molecule has 0 radical (unpaired) electrons. The van der Waals surface area contributed by atoms with E-state index in [-0.39, 0.29) is 37.4 Å². The van der Waals surface area contributed by atoms with E-state index >= 15 is 0 Å². The molecule has 0 saturated carbocycles. The van der Waals surface area contributed by atoms with E-state index in [9.17, 15) is 31.1 Å². The molecule has 0 aliphatic carbocycles. The number of fused-ring (bicyclic) bond motifs is 1. The van der Waals surface area contributed by atoms with Crippen molar-refractivity contribution in [1.82, 2.24) is 19.7 Å². The highest BCUT2D eigenvalue weighted by Gasteiger charge is 2.40. The van der Waals surface area contributed by atoms with Crippen LogP contribution in [0.25, 0.3) is 0 Å². The maximum atomic E-state index is 13.8. The van der Waals surface area contributed by atoms with Crippen molar-refractivity contribution in [3.05, 3.63) is 46.8 Å². The molecule has 190 valence electrons. The predicted octanol–water partition coefficient (Wildman–Crippen LogP) is 0.0251. The fourth-order valence-corrected chi connectivity index (χ4v) is 3.05. The SMILES string of the molecule is NC(C(=O)N1CCn2c(nnc2C(F)(F)F)C1)[C@H](N)Cc1cc(F)c(F)cc1F.O=P(O)(O)O. The highest BCUT2D eigenvalue weighted by atomic mass is 31.2. The quantitative estimate of drug-likeness (QED) is 0.211. The van der Waals surface area contributed by atoms with Gasteiger partial charge in [0.2, 0.25) is 11.7 Å². The van der Waals surface area contributed by atoms with E-state index in [4.69, 9.17) is 30.7 Å². The van der Waals surface area contributed by atoms with Gasteiger partial charge >= 0.3 is 14.0 Å². The van der Waals surface area contributed by atoms with E-state index in [2.05, 4.69) is 10.2 Å². The van der Waals surface area contributed by atoms with Crippen LogP contribution in [0.1, 0.15) is 17.2 Å². The van der Waals surface area contributed by atoms with Gasteiger partial charge < -0.3 is 35.6 Å². The van der Waals surface area contributed by atoms with Gasteiger partial charge in [0.25, 0.3) is 0 Å². The number of hydrogen-bond donors (Lipinski definition) is 5. The van der Waals surface area contributed by atoms with Crippen LogP contribution in [0, 0.1) is 17.5 Å². The van der Waals surface area contributed by atoms with Gasteiger partial charge in [-0.25, -0.2) is 17.7 Å². The molecule has 1 aromatic heterocycles. The van der Waals surface area contributed by atoms with Crippen LogP contribution >= 0.6 is 7.82 Å². The van der Waals surface area contributed by atoms with Gasteiger partial charge in [0.05, 0.1) is 12.6 Å². The molecule has 3 rings (SSSR count). The summed E-state index contributed by atoms with van der Waals surface area (Å²) in [6.07, 6.45) is -5.02. The van der Waals surface area contributed by atoms with Crippen LogP contribution in [0.3, 0.4) is 0 Å². The van der Waals surface area contributed by atoms with Crippen molar-refractivity contribution < 1.29 is 50.4 Å². The Kier molecular flexibility index (Phi) is 8.44. The maximum Gasteiger partial charge on any atom is 0.466 e. The summed E-state index contributed by atoms with van der Waals surface area (Å²) in [5.74, 6) is -5.59. The topological polar surface area (TPSA) is 181 Å². The van der Waals surface area contributed by atoms with Crippen molar-refractivity contribution in [1.29, 1.82) is 0 Å². The second kappa shape index (κ2) is 10.4.